The molecule has 10 nitrogen and oxygen atoms in total. The summed E-state index contributed by atoms with van der Waals surface area (Å²) in [7, 11) is 1.58. The lowest BCUT2D eigenvalue weighted by Gasteiger charge is -2.13. The van der Waals surface area contributed by atoms with Crippen molar-refractivity contribution in [3.8, 4) is 5.75 Å². The lowest BCUT2D eigenvalue weighted by atomic mass is 10.1. The Balaban J connectivity index is 1.72. The van der Waals surface area contributed by atoms with Crippen LogP contribution in [0.2, 0.25) is 5.02 Å². The first kappa shape index (κ1) is 22.5. The highest BCUT2D eigenvalue weighted by Gasteiger charge is 2.17. The molecule has 0 aliphatic carbocycles. The van der Waals surface area contributed by atoms with Crippen LogP contribution in [0.5, 0.6) is 5.75 Å². The second kappa shape index (κ2) is 9.86. The molecule has 33 heavy (non-hydrogen) atoms. The van der Waals surface area contributed by atoms with Gasteiger partial charge in [0.15, 0.2) is 17.3 Å². The molecular formula is C22H24ClN7O3. The number of carbonyl (C=O) groups excluding carboxylic acids is 1. The minimum Gasteiger partial charge on any atom is -0.495 e. The molecule has 172 valence electrons. The number of anilines is 2. The Morgan fingerprint density at radius 1 is 1.12 bits per heavy atom. The number of carbonyl (C=O) groups is 1. The molecular weight excluding hydrogens is 446 g/mol. The van der Waals surface area contributed by atoms with Crippen molar-refractivity contribution in [2.75, 3.05) is 30.9 Å². The Morgan fingerprint density at radius 2 is 1.94 bits per heavy atom. The maximum atomic E-state index is 11.8. The van der Waals surface area contributed by atoms with E-state index < -0.39 is 0 Å². The molecule has 0 amide bonds. The van der Waals surface area contributed by atoms with Crippen LogP contribution in [0.1, 0.15) is 19.4 Å². The fraction of sp³-hybridized carbons (Fsp3) is 0.318. The molecule has 0 bridgehead atoms. The number of pyridine rings is 1. The van der Waals surface area contributed by atoms with Crippen molar-refractivity contribution in [3.63, 3.8) is 0 Å². The number of fused-ring (bicyclic) bond motifs is 3. The molecule has 0 radical (unpaired) electrons. The Labute approximate surface area is 195 Å². The SMILES string of the molecule is CCOC(=O)CNc1nnc(NCc2ccc(OC)c(Cl)c2)c2c1cnc1c2cnn1CC. The molecule has 3 aromatic heterocycles. The third-order valence-electron chi connectivity index (χ3n) is 5.09. The fourth-order valence-corrected chi connectivity index (χ4v) is 3.80. The van der Waals surface area contributed by atoms with E-state index in [1.807, 2.05) is 29.8 Å². The summed E-state index contributed by atoms with van der Waals surface area (Å²) in [5.74, 6) is 1.25. The van der Waals surface area contributed by atoms with Gasteiger partial charge in [0.1, 0.15) is 12.3 Å². The molecule has 1 aromatic carbocycles. The minimum absolute atomic E-state index is 0.0268. The van der Waals surface area contributed by atoms with Gasteiger partial charge in [-0.15, -0.1) is 10.2 Å². The summed E-state index contributed by atoms with van der Waals surface area (Å²) < 4.78 is 12.0. The molecule has 4 aromatic rings. The highest BCUT2D eigenvalue weighted by molar-refractivity contribution is 6.32. The number of nitrogens with one attached hydrogen (secondary N) is 2. The number of ether oxygens (including phenoxy) is 2. The van der Waals surface area contributed by atoms with Gasteiger partial charge in [-0.25, -0.2) is 9.67 Å². The van der Waals surface area contributed by atoms with E-state index in [0.717, 1.165) is 22.0 Å². The number of aromatic nitrogens is 5. The zero-order valence-corrected chi connectivity index (χ0v) is 19.3. The summed E-state index contributed by atoms with van der Waals surface area (Å²) >= 11 is 6.26. The van der Waals surface area contributed by atoms with Gasteiger partial charge in [0.25, 0.3) is 0 Å². The second-order valence-corrected chi connectivity index (χ2v) is 7.53. The summed E-state index contributed by atoms with van der Waals surface area (Å²) in [5, 5.41) is 22.3. The van der Waals surface area contributed by atoms with Gasteiger partial charge in [-0.05, 0) is 31.5 Å². The first-order chi connectivity index (χ1) is 16.0. The monoisotopic (exact) mass is 469 g/mol. The van der Waals surface area contributed by atoms with E-state index in [4.69, 9.17) is 21.1 Å². The number of benzene rings is 1. The van der Waals surface area contributed by atoms with Crippen molar-refractivity contribution in [2.24, 2.45) is 0 Å². The quantitative estimate of drug-likeness (QED) is 0.354. The van der Waals surface area contributed by atoms with E-state index in [2.05, 4.69) is 30.9 Å². The van der Waals surface area contributed by atoms with Crippen LogP contribution in [-0.2, 0) is 22.6 Å². The van der Waals surface area contributed by atoms with Gasteiger partial charge in [-0.2, -0.15) is 5.10 Å². The highest BCUT2D eigenvalue weighted by atomic mass is 35.5. The second-order valence-electron chi connectivity index (χ2n) is 7.12. The summed E-state index contributed by atoms with van der Waals surface area (Å²) in [6.07, 6.45) is 3.48. The summed E-state index contributed by atoms with van der Waals surface area (Å²) in [6.45, 7) is 5.19. The fourth-order valence-electron chi connectivity index (χ4n) is 3.52. The van der Waals surface area contributed by atoms with E-state index in [-0.39, 0.29) is 12.5 Å². The normalized spacial score (nSPS) is 11.0. The molecule has 0 spiro atoms. The van der Waals surface area contributed by atoms with Crippen molar-refractivity contribution >= 4 is 51.0 Å². The van der Waals surface area contributed by atoms with Crippen molar-refractivity contribution in [1.29, 1.82) is 0 Å². The molecule has 0 saturated carbocycles. The van der Waals surface area contributed by atoms with E-state index in [9.17, 15) is 4.79 Å². The Kier molecular flexibility index (Phi) is 6.74. The van der Waals surface area contributed by atoms with Crippen LogP contribution in [0.25, 0.3) is 21.8 Å². The molecule has 0 saturated heterocycles. The van der Waals surface area contributed by atoms with Crippen LogP contribution in [0.4, 0.5) is 11.6 Å². The van der Waals surface area contributed by atoms with E-state index in [1.54, 1.807) is 26.4 Å². The van der Waals surface area contributed by atoms with Gasteiger partial charge in [0, 0.05) is 30.1 Å². The molecule has 0 aliphatic rings. The molecule has 0 aliphatic heterocycles. The number of hydrogen-bond donors (Lipinski definition) is 2. The van der Waals surface area contributed by atoms with Gasteiger partial charge in [0.05, 0.1) is 30.3 Å². The lowest BCUT2D eigenvalue weighted by Crippen LogP contribution is -2.18. The van der Waals surface area contributed by atoms with Crippen LogP contribution < -0.4 is 15.4 Å². The van der Waals surface area contributed by atoms with Gasteiger partial charge >= 0.3 is 5.97 Å². The first-order valence-corrected chi connectivity index (χ1v) is 10.9. The van der Waals surface area contributed by atoms with Crippen molar-refractivity contribution < 1.29 is 14.3 Å². The van der Waals surface area contributed by atoms with Crippen LogP contribution >= 0.6 is 11.6 Å². The van der Waals surface area contributed by atoms with Crippen LogP contribution in [0.3, 0.4) is 0 Å². The topological polar surface area (TPSA) is 116 Å². The number of aryl methyl sites for hydroxylation is 1. The zero-order chi connectivity index (χ0) is 23.4. The number of nitrogens with zero attached hydrogens (tertiary/aromatic N) is 5. The Hall–Kier alpha value is -3.66. The molecule has 0 atom stereocenters. The van der Waals surface area contributed by atoms with Crippen molar-refractivity contribution in [3.05, 3.63) is 41.2 Å². The van der Waals surface area contributed by atoms with Gasteiger partial charge in [-0.1, -0.05) is 17.7 Å². The molecule has 0 fully saturated rings. The predicted octanol–water partition coefficient (Wildman–Crippen LogP) is 3.64. The number of rotatable bonds is 9. The van der Waals surface area contributed by atoms with Gasteiger partial charge < -0.3 is 20.1 Å². The van der Waals surface area contributed by atoms with Crippen molar-refractivity contribution in [2.45, 2.75) is 26.9 Å². The zero-order valence-electron chi connectivity index (χ0n) is 18.6. The number of hydrogen-bond acceptors (Lipinski definition) is 9. The predicted molar refractivity (Wildman–Crippen MR) is 127 cm³/mol. The highest BCUT2D eigenvalue weighted by Crippen LogP contribution is 2.32. The maximum Gasteiger partial charge on any atom is 0.325 e. The first-order valence-electron chi connectivity index (χ1n) is 10.5. The molecule has 4 rings (SSSR count). The standard InChI is InChI=1S/C22H24ClN7O3/c1-4-30-22-15(11-27-30)19-14(10-26-22)20(25-12-18(31)33-5-2)28-29-21(19)24-9-13-6-7-17(32-3)16(23)8-13/h6-8,10-11H,4-5,9,12H2,1-3H3,(H,24,29)(H,25,28). The van der Waals surface area contributed by atoms with Gasteiger partial charge in [-0.3, -0.25) is 4.79 Å². The largest absolute Gasteiger partial charge is 0.495 e. The number of esters is 1. The van der Waals surface area contributed by atoms with Crippen LogP contribution in [0.15, 0.2) is 30.6 Å². The summed E-state index contributed by atoms with van der Waals surface area (Å²) in [4.78, 5) is 16.4. The molecule has 3 heterocycles. The number of methoxy groups -OCH3 is 1. The third kappa shape index (κ3) is 4.61. The summed E-state index contributed by atoms with van der Waals surface area (Å²) in [5.41, 5.74) is 1.69. The average molecular weight is 470 g/mol. The van der Waals surface area contributed by atoms with E-state index >= 15 is 0 Å². The Bertz CT molecular complexity index is 1310. The van der Waals surface area contributed by atoms with Crippen molar-refractivity contribution in [1.82, 2.24) is 25.0 Å². The molecule has 0 unspecified atom stereocenters. The third-order valence-corrected chi connectivity index (χ3v) is 5.38. The molecule has 2 N–H and O–H groups in total. The lowest BCUT2D eigenvalue weighted by molar-refractivity contribution is -0.140. The van der Waals surface area contributed by atoms with Crippen LogP contribution in [0, 0.1) is 0 Å². The van der Waals surface area contributed by atoms with Crippen LogP contribution in [-0.4, -0.2) is 51.2 Å². The number of halogens is 1. The maximum absolute atomic E-state index is 11.8. The molecule has 11 heteroatoms. The summed E-state index contributed by atoms with van der Waals surface area (Å²) in [6, 6.07) is 5.58. The smallest absolute Gasteiger partial charge is 0.325 e. The van der Waals surface area contributed by atoms with Gasteiger partial charge in [0.2, 0.25) is 0 Å². The van der Waals surface area contributed by atoms with E-state index in [1.165, 1.54) is 0 Å². The Morgan fingerprint density at radius 3 is 2.67 bits per heavy atom. The van der Waals surface area contributed by atoms with E-state index in [0.29, 0.717) is 47.5 Å². The average Bonchev–Trinajstić information content (AvgIpc) is 3.25. The minimum atomic E-state index is -0.376.